The molecule has 1 unspecified atom stereocenters. The molecule has 1 saturated carbocycles. The number of hydrogen-bond donors (Lipinski definition) is 2. The standard InChI is InChI=1S/C16H27NO4/c1-16(2,3)21-15(20)17-13(10-7-11-14(18)19)12-8-5-4-6-9-12/h7,11-13H,4-6,8-10H2,1-3H3,(H,17,20)(H,18,19)/b11-7-. The third kappa shape index (κ3) is 7.73. The second-order valence-electron chi connectivity index (χ2n) is 6.63. The minimum atomic E-state index is -0.963. The van der Waals surface area contributed by atoms with Crippen LogP contribution in [0.4, 0.5) is 4.79 Å². The number of nitrogens with one attached hydrogen (secondary N) is 1. The first-order valence-corrected chi connectivity index (χ1v) is 7.67. The summed E-state index contributed by atoms with van der Waals surface area (Å²) in [6, 6.07) is -0.0595. The van der Waals surface area contributed by atoms with Gasteiger partial charge in [-0.05, 0) is 46.0 Å². The predicted molar refractivity (Wildman–Crippen MR) is 81.1 cm³/mol. The van der Waals surface area contributed by atoms with Crippen LogP contribution >= 0.6 is 0 Å². The van der Waals surface area contributed by atoms with Crippen LogP contribution < -0.4 is 5.32 Å². The van der Waals surface area contributed by atoms with Crippen molar-refractivity contribution >= 4 is 12.1 Å². The van der Waals surface area contributed by atoms with Crippen LogP contribution in [-0.4, -0.2) is 28.8 Å². The molecule has 5 nitrogen and oxygen atoms in total. The van der Waals surface area contributed by atoms with Crippen molar-refractivity contribution in [3.63, 3.8) is 0 Å². The summed E-state index contributed by atoms with van der Waals surface area (Å²) in [5.41, 5.74) is -0.530. The normalized spacial score (nSPS) is 18.4. The molecule has 0 radical (unpaired) electrons. The Morgan fingerprint density at radius 3 is 2.43 bits per heavy atom. The van der Waals surface area contributed by atoms with Crippen molar-refractivity contribution in [3.05, 3.63) is 12.2 Å². The van der Waals surface area contributed by atoms with Gasteiger partial charge >= 0.3 is 12.1 Å². The molecule has 0 aromatic carbocycles. The van der Waals surface area contributed by atoms with Crippen LogP contribution in [0.5, 0.6) is 0 Å². The highest BCUT2D eigenvalue weighted by Gasteiger charge is 2.26. The Kier molecular flexibility index (Phi) is 6.72. The summed E-state index contributed by atoms with van der Waals surface area (Å²) in [4.78, 5) is 22.5. The molecular formula is C16H27NO4. The third-order valence-corrected chi connectivity index (χ3v) is 3.57. The number of carbonyl (C=O) groups excluding carboxylic acids is 1. The Morgan fingerprint density at radius 2 is 1.90 bits per heavy atom. The maximum atomic E-state index is 11.9. The van der Waals surface area contributed by atoms with Crippen LogP contribution in [0.2, 0.25) is 0 Å². The molecule has 21 heavy (non-hydrogen) atoms. The molecular weight excluding hydrogens is 270 g/mol. The second kappa shape index (κ2) is 8.05. The van der Waals surface area contributed by atoms with Crippen LogP contribution in [-0.2, 0) is 9.53 Å². The van der Waals surface area contributed by atoms with E-state index in [1.54, 1.807) is 6.08 Å². The second-order valence-corrected chi connectivity index (χ2v) is 6.63. The average Bonchev–Trinajstić information content (AvgIpc) is 2.36. The van der Waals surface area contributed by atoms with Gasteiger partial charge in [-0.3, -0.25) is 0 Å². The number of carboxylic acids is 1. The van der Waals surface area contributed by atoms with E-state index < -0.39 is 17.7 Å². The Hall–Kier alpha value is -1.52. The SMILES string of the molecule is CC(C)(C)OC(=O)NC(C/C=C\C(=O)O)C1CCCCC1. The topological polar surface area (TPSA) is 75.6 Å². The first-order valence-electron chi connectivity index (χ1n) is 7.67. The number of carboxylic acid groups (broad SMARTS) is 1. The zero-order valence-electron chi connectivity index (χ0n) is 13.2. The van der Waals surface area contributed by atoms with Gasteiger partial charge in [0.15, 0.2) is 0 Å². The van der Waals surface area contributed by atoms with Crippen molar-refractivity contribution in [2.45, 2.75) is 70.9 Å². The van der Waals surface area contributed by atoms with Gasteiger partial charge in [-0.2, -0.15) is 0 Å². The number of aliphatic carboxylic acids is 1. The van der Waals surface area contributed by atoms with E-state index in [0.717, 1.165) is 18.9 Å². The number of amides is 1. The quantitative estimate of drug-likeness (QED) is 0.762. The number of rotatable bonds is 5. The molecule has 0 bridgehead atoms. The van der Waals surface area contributed by atoms with E-state index in [1.807, 2.05) is 20.8 Å². The van der Waals surface area contributed by atoms with E-state index in [1.165, 1.54) is 19.3 Å². The van der Waals surface area contributed by atoms with E-state index in [2.05, 4.69) is 5.32 Å². The summed E-state index contributed by atoms with van der Waals surface area (Å²) in [7, 11) is 0. The summed E-state index contributed by atoms with van der Waals surface area (Å²) >= 11 is 0. The summed E-state index contributed by atoms with van der Waals surface area (Å²) < 4.78 is 5.30. The fraction of sp³-hybridized carbons (Fsp3) is 0.750. The van der Waals surface area contributed by atoms with Crippen molar-refractivity contribution < 1.29 is 19.4 Å². The van der Waals surface area contributed by atoms with Crippen molar-refractivity contribution in [1.29, 1.82) is 0 Å². The van der Waals surface area contributed by atoms with Crippen molar-refractivity contribution in [3.8, 4) is 0 Å². The largest absolute Gasteiger partial charge is 0.478 e. The lowest BCUT2D eigenvalue weighted by Gasteiger charge is -2.31. The molecule has 0 aromatic rings. The lowest BCUT2D eigenvalue weighted by Crippen LogP contribution is -2.43. The molecule has 0 aliphatic heterocycles. The molecule has 120 valence electrons. The van der Waals surface area contributed by atoms with Gasteiger partial charge in [-0.15, -0.1) is 0 Å². The van der Waals surface area contributed by atoms with E-state index in [4.69, 9.17) is 9.84 Å². The van der Waals surface area contributed by atoms with Gasteiger partial charge in [0.2, 0.25) is 0 Å². The molecule has 2 N–H and O–H groups in total. The van der Waals surface area contributed by atoms with Gasteiger partial charge in [-0.1, -0.05) is 25.3 Å². The number of carbonyl (C=O) groups is 2. The van der Waals surface area contributed by atoms with Gasteiger partial charge in [0.05, 0.1) is 0 Å². The molecule has 0 aromatic heterocycles. The predicted octanol–water partition coefficient (Wildman–Crippen LogP) is 3.49. The average molecular weight is 297 g/mol. The summed E-state index contributed by atoms with van der Waals surface area (Å²) in [5, 5.41) is 11.6. The number of hydrogen-bond acceptors (Lipinski definition) is 3. The van der Waals surface area contributed by atoms with Crippen molar-refractivity contribution in [2.24, 2.45) is 5.92 Å². The molecule has 1 fully saturated rings. The minimum Gasteiger partial charge on any atom is -0.478 e. The van der Waals surface area contributed by atoms with Crippen LogP contribution in [0.25, 0.3) is 0 Å². The Balaban J connectivity index is 2.62. The zero-order chi connectivity index (χ0) is 15.9. The van der Waals surface area contributed by atoms with Crippen LogP contribution in [0.1, 0.15) is 59.3 Å². The summed E-state index contributed by atoms with van der Waals surface area (Å²) in [6.45, 7) is 5.48. The van der Waals surface area contributed by atoms with Crippen LogP contribution in [0.15, 0.2) is 12.2 Å². The van der Waals surface area contributed by atoms with Crippen molar-refractivity contribution in [2.75, 3.05) is 0 Å². The molecule has 1 aliphatic rings. The minimum absolute atomic E-state index is 0.0595. The smallest absolute Gasteiger partial charge is 0.407 e. The Labute approximate surface area is 126 Å². The van der Waals surface area contributed by atoms with E-state index in [-0.39, 0.29) is 6.04 Å². The highest BCUT2D eigenvalue weighted by atomic mass is 16.6. The summed E-state index contributed by atoms with van der Waals surface area (Å²) in [5.74, 6) is -0.570. The van der Waals surface area contributed by atoms with Crippen LogP contribution in [0.3, 0.4) is 0 Å². The summed E-state index contributed by atoms with van der Waals surface area (Å²) in [6.07, 6.45) is 8.55. The Morgan fingerprint density at radius 1 is 1.29 bits per heavy atom. The molecule has 5 heteroatoms. The zero-order valence-corrected chi connectivity index (χ0v) is 13.2. The molecule has 0 heterocycles. The maximum absolute atomic E-state index is 11.9. The van der Waals surface area contributed by atoms with Gasteiger partial charge in [0, 0.05) is 12.1 Å². The third-order valence-electron chi connectivity index (χ3n) is 3.57. The van der Waals surface area contributed by atoms with E-state index >= 15 is 0 Å². The van der Waals surface area contributed by atoms with Gasteiger partial charge < -0.3 is 15.2 Å². The maximum Gasteiger partial charge on any atom is 0.407 e. The monoisotopic (exact) mass is 297 g/mol. The lowest BCUT2D eigenvalue weighted by atomic mass is 9.82. The number of alkyl carbamates (subject to hydrolysis) is 1. The van der Waals surface area contributed by atoms with E-state index in [0.29, 0.717) is 12.3 Å². The molecule has 1 rings (SSSR count). The van der Waals surface area contributed by atoms with Crippen molar-refractivity contribution in [1.82, 2.24) is 5.32 Å². The number of ether oxygens (including phenoxy) is 1. The molecule has 0 spiro atoms. The molecule has 1 amide bonds. The molecule has 1 atom stereocenters. The van der Waals surface area contributed by atoms with Crippen LogP contribution in [0, 0.1) is 5.92 Å². The van der Waals surface area contributed by atoms with Gasteiger partial charge in [-0.25, -0.2) is 9.59 Å². The highest BCUT2D eigenvalue weighted by Crippen LogP contribution is 2.28. The fourth-order valence-corrected chi connectivity index (χ4v) is 2.68. The molecule has 1 aliphatic carbocycles. The van der Waals surface area contributed by atoms with Gasteiger partial charge in [0.25, 0.3) is 0 Å². The highest BCUT2D eigenvalue weighted by molar-refractivity contribution is 5.79. The molecule has 0 saturated heterocycles. The van der Waals surface area contributed by atoms with Gasteiger partial charge in [0.1, 0.15) is 5.60 Å². The first-order chi connectivity index (χ1) is 9.78. The fourth-order valence-electron chi connectivity index (χ4n) is 2.68. The lowest BCUT2D eigenvalue weighted by molar-refractivity contribution is -0.131. The first kappa shape index (κ1) is 17.5. The van der Waals surface area contributed by atoms with E-state index in [9.17, 15) is 9.59 Å². The Bertz CT molecular complexity index is 378.